The van der Waals surface area contributed by atoms with Gasteiger partial charge in [-0.2, -0.15) is 13.2 Å². The monoisotopic (exact) mass is 519 g/mol. The molecule has 8 heteroatoms. The molecule has 2 nitrogen and oxygen atoms in total. The summed E-state index contributed by atoms with van der Waals surface area (Å²) in [6, 6.07) is 17.8. The molecule has 0 N–H and O–H groups in total. The van der Waals surface area contributed by atoms with Crippen molar-refractivity contribution >= 4 is 11.8 Å². The first kappa shape index (κ1) is 25.1. The van der Waals surface area contributed by atoms with E-state index in [1.165, 1.54) is 30.0 Å². The fourth-order valence-corrected chi connectivity index (χ4v) is 6.13. The highest BCUT2D eigenvalue weighted by Gasteiger charge is 2.46. The molecule has 0 bridgehead atoms. The van der Waals surface area contributed by atoms with Crippen LogP contribution in [0.2, 0.25) is 0 Å². The van der Waals surface area contributed by atoms with Crippen molar-refractivity contribution in [3.05, 3.63) is 95.1 Å². The van der Waals surface area contributed by atoms with Crippen molar-refractivity contribution in [3.8, 4) is 5.75 Å². The van der Waals surface area contributed by atoms with E-state index in [4.69, 9.17) is 4.74 Å². The largest absolute Gasteiger partial charge is 0.493 e. The predicted molar refractivity (Wildman–Crippen MR) is 130 cm³/mol. The van der Waals surface area contributed by atoms with E-state index in [0.717, 1.165) is 5.56 Å². The number of piperidine rings is 1. The number of thioether (sulfide) groups is 1. The van der Waals surface area contributed by atoms with E-state index >= 15 is 4.39 Å². The van der Waals surface area contributed by atoms with Gasteiger partial charge < -0.3 is 4.74 Å². The fraction of sp³-hybridized carbons (Fsp3) is 0.357. The van der Waals surface area contributed by atoms with E-state index < -0.39 is 24.0 Å². The Balaban J connectivity index is 1.43. The summed E-state index contributed by atoms with van der Waals surface area (Å²) in [4.78, 5) is 2.50. The molecule has 2 heterocycles. The molecule has 36 heavy (non-hydrogen) atoms. The van der Waals surface area contributed by atoms with Crippen LogP contribution in [0.1, 0.15) is 48.0 Å². The van der Waals surface area contributed by atoms with Gasteiger partial charge in [0.1, 0.15) is 17.4 Å². The average Bonchev–Trinajstić information content (AvgIpc) is 2.87. The van der Waals surface area contributed by atoms with Gasteiger partial charge in [-0.15, -0.1) is 11.8 Å². The van der Waals surface area contributed by atoms with E-state index in [1.807, 2.05) is 35.2 Å². The van der Waals surface area contributed by atoms with Crippen molar-refractivity contribution < 1.29 is 26.7 Å². The number of halogens is 5. The number of alkyl halides is 3. The second kappa shape index (κ2) is 10.4. The summed E-state index contributed by atoms with van der Waals surface area (Å²) in [5.74, 6) is -1.06. The van der Waals surface area contributed by atoms with Gasteiger partial charge in [-0.3, -0.25) is 4.90 Å². The lowest BCUT2D eigenvalue weighted by atomic mass is 9.84. The highest BCUT2D eigenvalue weighted by atomic mass is 32.2. The third-order valence-electron chi connectivity index (χ3n) is 7.07. The molecule has 0 saturated carbocycles. The van der Waals surface area contributed by atoms with Gasteiger partial charge in [0.25, 0.3) is 0 Å². The Kier molecular flexibility index (Phi) is 7.26. The number of likely N-dealkylation sites (tertiary alicyclic amines) is 1. The Morgan fingerprint density at radius 1 is 0.917 bits per heavy atom. The summed E-state index contributed by atoms with van der Waals surface area (Å²) >= 11 is 1.38. The minimum atomic E-state index is -4.30. The second-order valence-electron chi connectivity index (χ2n) is 9.32. The molecule has 5 rings (SSSR count). The number of ether oxygens (including phenoxy) is 1. The van der Waals surface area contributed by atoms with Crippen molar-refractivity contribution in [1.29, 1.82) is 0 Å². The summed E-state index contributed by atoms with van der Waals surface area (Å²) in [7, 11) is 0. The summed E-state index contributed by atoms with van der Waals surface area (Å²) < 4.78 is 75.6. The maximum atomic E-state index is 15.2. The Hall–Kier alpha value is -2.58. The van der Waals surface area contributed by atoms with Gasteiger partial charge in [-0.05, 0) is 54.8 Å². The van der Waals surface area contributed by atoms with Crippen LogP contribution in [0.3, 0.4) is 0 Å². The molecule has 190 valence electrons. The van der Waals surface area contributed by atoms with Gasteiger partial charge in [-0.25, -0.2) is 8.78 Å². The molecule has 0 aromatic heterocycles. The highest BCUT2D eigenvalue weighted by molar-refractivity contribution is 7.98. The summed E-state index contributed by atoms with van der Waals surface area (Å²) in [5.41, 5.74) is 2.36. The van der Waals surface area contributed by atoms with E-state index in [9.17, 15) is 17.6 Å². The van der Waals surface area contributed by atoms with Gasteiger partial charge in [0, 0.05) is 34.7 Å². The van der Waals surface area contributed by atoms with Crippen molar-refractivity contribution in [2.24, 2.45) is 5.92 Å². The van der Waals surface area contributed by atoms with Crippen LogP contribution < -0.4 is 4.74 Å². The number of hydrogen-bond acceptors (Lipinski definition) is 3. The van der Waals surface area contributed by atoms with Crippen LogP contribution in [0.15, 0.2) is 71.6 Å². The van der Waals surface area contributed by atoms with E-state index in [2.05, 4.69) is 0 Å². The molecular formula is C28H26F5NOS. The lowest BCUT2D eigenvalue weighted by Gasteiger charge is -2.46. The Morgan fingerprint density at radius 2 is 1.67 bits per heavy atom. The molecule has 3 atom stereocenters. The number of benzene rings is 3. The second-order valence-corrected chi connectivity index (χ2v) is 10.3. The van der Waals surface area contributed by atoms with Crippen LogP contribution in [0.4, 0.5) is 22.0 Å². The van der Waals surface area contributed by atoms with Crippen molar-refractivity contribution in [3.63, 3.8) is 0 Å². The molecular weight excluding hydrogens is 493 g/mol. The van der Waals surface area contributed by atoms with Crippen LogP contribution >= 0.6 is 11.8 Å². The minimum Gasteiger partial charge on any atom is -0.493 e. The zero-order valence-electron chi connectivity index (χ0n) is 19.5. The van der Waals surface area contributed by atoms with Gasteiger partial charge in [0.15, 0.2) is 0 Å². The zero-order chi connectivity index (χ0) is 25.3. The van der Waals surface area contributed by atoms with E-state index in [1.54, 1.807) is 18.2 Å². The molecule has 2 aliphatic rings. The van der Waals surface area contributed by atoms with Crippen LogP contribution in [-0.2, 0) is 5.75 Å². The zero-order valence-corrected chi connectivity index (χ0v) is 20.3. The molecule has 0 amide bonds. The molecule has 1 saturated heterocycles. The SMILES string of the molecule is Fc1ccc([C@@H]2C[C@H](C(F)(F)F)CCN2C2CCOc3cc(SCc4ccccc4)c(F)cc32)cc1. The third-order valence-corrected chi connectivity index (χ3v) is 8.17. The minimum absolute atomic E-state index is 0.0264. The Morgan fingerprint density at radius 3 is 2.39 bits per heavy atom. The summed E-state index contributed by atoms with van der Waals surface area (Å²) in [6.07, 6.45) is -3.90. The van der Waals surface area contributed by atoms with Gasteiger partial charge in [-0.1, -0.05) is 42.5 Å². The smallest absolute Gasteiger partial charge is 0.391 e. The average molecular weight is 520 g/mol. The van der Waals surface area contributed by atoms with Gasteiger partial charge in [0.2, 0.25) is 0 Å². The fourth-order valence-electron chi connectivity index (χ4n) is 5.23. The normalized spacial score (nSPS) is 22.6. The van der Waals surface area contributed by atoms with Crippen LogP contribution in [0.25, 0.3) is 0 Å². The third kappa shape index (κ3) is 5.39. The standard InChI is InChI=1S/C28H26F5NOS/c29-21-8-6-19(7-9-21)25-14-20(28(31,32)33)10-12-34(25)24-11-13-35-26-16-27(23(30)15-22(24)26)36-17-18-4-2-1-3-5-18/h1-9,15-16,20,24-25H,10-14,17H2/t20-,24?,25+/m1/s1. The molecule has 0 aliphatic carbocycles. The van der Waals surface area contributed by atoms with Crippen LogP contribution in [0, 0.1) is 17.6 Å². The summed E-state index contributed by atoms with van der Waals surface area (Å²) in [6.45, 7) is 0.601. The number of nitrogens with zero attached hydrogens (tertiary/aromatic N) is 1. The van der Waals surface area contributed by atoms with Crippen molar-refractivity contribution in [2.45, 2.75) is 48.2 Å². The van der Waals surface area contributed by atoms with Crippen molar-refractivity contribution in [1.82, 2.24) is 4.90 Å². The number of fused-ring (bicyclic) bond motifs is 1. The van der Waals surface area contributed by atoms with E-state index in [0.29, 0.717) is 40.6 Å². The first-order valence-electron chi connectivity index (χ1n) is 12.0. The Labute approximate surface area is 211 Å². The molecule has 2 aliphatic heterocycles. The number of rotatable bonds is 5. The van der Waals surface area contributed by atoms with Gasteiger partial charge >= 0.3 is 6.18 Å². The molecule has 1 fully saturated rings. The first-order valence-corrected chi connectivity index (χ1v) is 13.0. The maximum absolute atomic E-state index is 15.2. The first-order chi connectivity index (χ1) is 17.3. The quantitative estimate of drug-likeness (QED) is 0.250. The lowest BCUT2D eigenvalue weighted by molar-refractivity contribution is -0.192. The van der Waals surface area contributed by atoms with Crippen LogP contribution in [0.5, 0.6) is 5.75 Å². The number of hydrogen-bond donors (Lipinski definition) is 0. The highest BCUT2D eigenvalue weighted by Crippen LogP contribution is 2.48. The maximum Gasteiger partial charge on any atom is 0.391 e. The van der Waals surface area contributed by atoms with Crippen molar-refractivity contribution in [2.75, 3.05) is 13.2 Å². The molecule has 0 radical (unpaired) electrons. The lowest BCUT2D eigenvalue weighted by Crippen LogP contribution is -2.44. The molecule has 3 aromatic rings. The molecule has 0 spiro atoms. The van der Waals surface area contributed by atoms with Crippen LogP contribution in [-0.4, -0.2) is 24.2 Å². The molecule has 1 unspecified atom stereocenters. The van der Waals surface area contributed by atoms with E-state index in [-0.39, 0.29) is 31.2 Å². The molecule has 3 aromatic carbocycles. The topological polar surface area (TPSA) is 12.5 Å². The summed E-state index contributed by atoms with van der Waals surface area (Å²) in [5, 5.41) is 0. The Bertz CT molecular complexity index is 1190. The van der Waals surface area contributed by atoms with Gasteiger partial charge in [0.05, 0.1) is 12.5 Å². The predicted octanol–water partition coefficient (Wildman–Crippen LogP) is 8.10.